The molecule has 0 aliphatic heterocycles. The molecule has 7 aromatic carbocycles. The normalized spacial score (nSPS) is 23.3. The maximum absolute atomic E-state index is 6.47. The van der Waals surface area contributed by atoms with E-state index in [9.17, 15) is 0 Å². The van der Waals surface area contributed by atoms with Crippen LogP contribution in [0.2, 0.25) is 0 Å². The highest BCUT2D eigenvalue weighted by atomic mass is 16.3. The average molecular weight is 696 g/mol. The van der Waals surface area contributed by atoms with Gasteiger partial charge < -0.3 is 9.32 Å². The SMILES string of the molecule is c1ccc(-c2ccc(N(c3ccc4c(c3)-c3cc(-c5ccccc5)ccc3C43C4CC5CC(C4)CC3C5)c3cccc4oc5ccccc5c34)cc2)cc1. The number of hydrogen-bond acceptors (Lipinski definition) is 2. The molecule has 0 unspecified atom stereocenters. The fourth-order valence-electron chi connectivity index (χ4n) is 11.9. The van der Waals surface area contributed by atoms with Gasteiger partial charge in [-0.15, -0.1) is 0 Å². The number of rotatable bonds is 5. The Morgan fingerprint density at radius 1 is 0.444 bits per heavy atom. The van der Waals surface area contributed by atoms with Crippen molar-refractivity contribution in [3.63, 3.8) is 0 Å². The first-order valence-electron chi connectivity index (χ1n) is 19.9. The molecule has 8 aromatic rings. The monoisotopic (exact) mass is 695 g/mol. The molecular formula is C52H41NO. The lowest BCUT2D eigenvalue weighted by Crippen LogP contribution is -2.55. The second-order valence-electron chi connectivity index (χ2n) is 16.5. The molecular weight excluding hydrogens is 655 g/mol. The van der Waals surface area contributed by atoms with Gasteiger partial charge in [0, 0.05) is 22.2 Å². The van der Waals surface area contributed by atoms with E-state index in [0.717, 1.165) is 57.0 Å². The van der Waals surface area contributed by atoms with E-state index in [1.165, 1.54) is 71.2 Å². The van der Waals surface area contributed by atoms with Gasteiger partial charge in [-0.3, -0.25) is 0 Å². The van der Waals surface area contributed by atoms with Gasteiger partial charge in [-0.05, 0) is 149 Å². The first kappa shape index (κ1) is 30.6. The lowest BCUT2D eigenvalue weighted by molar-refractivity contribution is -0.0399. The van der Waals surface area contributed by atoms with Crippen LogP contribution in [0.1, 0.15) is 43.2 Å². The van der Waals surface area contributed by atoms with Crippen LogP contribution in [0.5, 0.6) is 0 Å². The molecule has 1 spiro atoms. The molecule has 54 heavy (non-hydrogen) atoms. The van der Waals surface area contributed by atoms with Crippen molar-refractivity contribution in [2.45, 2.75) is 37.5 Å². The number of fused-ring (bicyclic) bond motifs is 6. The molecule has 0 radical (unpaired) electrons. The quantitative estimate of drug-likeness (QED) is 0.178. The number of nitrogens with zero attached hydrogens (tertiary/aromatic N) is 1. The molecule has 4 fully saturated rings. The predicted octanol–water partition coefficient (Wildman–Crippen LogP) is 14.1. The average Bonchev–Trinajstić information content (AvgIpc) is 3.75. The van der Waals surface area contributed by atoms with E-state index in [1.54, 1.807) is 11.1 Å². The summed E-state index contributed by atoms with van der Waals surface area (Å²) in [5.74, 6) is 3.26. The summed E-state index contributed by atoms with van der Waals surface area (Å²) in [4.78, 5) is 2.47. The Kier molecular flexibility index (Phi) is 6.55. The third-order valence-corrected chi connectivity index (χ3v) is 13.8. The third-order valence-electron chi connectivity index (χ3n) is 13.8. The summed E-state index contributed by atoms with van der Waals surface area (Å²) in [5.41, 5.74) is 16.4. The van der Waals surface area contributed by atoms with Crippen LogP contribution in [0.3, 0.4) is 0 Å². The molecule has 0 amide bonds. The van der Waals surface area contributed by atoms with Crippen molar-refractivity contribution in [3.05, 3.63) is 175 Å². The molecule has 4 saturated carbocycles. The number of anilines is 3. The second-order valence-corrected chi connectivity index (χ2v) is 16.5. The van der Waals surface area contributed by atoms with Crippen LogP contribution >= 0.6 is 0 Å². The fraction of sp³-hybridized carbons (Fsp3) is 0.192. The summed E-state index contributed by atoms with van der Waals surface area (Å²) in [5, 5.41) is 2.28. The van der Waals surface area contributed by atoms with E-state index in [2.05, 4.69) is 169 Å². The van der Waals surface area contributed by atoms with Crippen LogP contribution in [0.25, 0.3) is 55.3 Å². The van der Waals surface area contributed by atoms with Crippen LogP contribution < -0.4 is 4.90 Å². The highest BCUT2D eigenvalue weighted by Crippen LogP contribution is 2.69. The van der Waals surface area contributed by atoms with E-state index in [1.807, 2.05) is 0 Å². The third kappa shape index (κ3) is 4.34. The lowest BCUT2D eigenvalue weighted by atomic mass is 9.43. The van der Waals surface area contributed by atoms with Gasteiger partial charge in [-0.1, -0.05) is 115 Å². The zero-order valence-electron chi connectivity index (χ0n) is 30.3. The van der Waals surface area contributed by atoms with Crippen LogP contribution in [0.4, 0.5) is 17.1 Å². The molecule has 1 heterocycles. The van der Waals surface area contributed by atoms with Gasteiger partial charge in [-0.25, -0.2) is 0 Å². The van der Waals surface area contributed by atoms with Crippen LogP contribution in [-0.2, 0) is 5.41 Å². The highest BCUT2D eigenvalue weighted by molar-refractivity contribution is 6.13. The van der Waals surface area contributed by atoms with Crippen molar-refractivity contribution < 1.29 is 4.42 Å². The van der Waals surface area contributed by atoms with Gasteiger partial charge >= 0.3 is 0 Å². The van der Waals surface area contributed by atoms with Crippen molar-refractivity contribution in [2.24, 2.45) is 23.7 Å². The van der Waals surface area contributed by atoms with Crippen molar-refractivity contribution in [2.75, 3.05) is 4.90 Å². The molecule has 5 aliphatic rings. The van der Waals surface area contributed by atoms with Gasteiger partial charge in [0.05, 0.1) is 11.1 Å². The molecule has 0 saturated heterocycles. The van der Waals surface area contributed by atoms with Crippen LogP contribution in [-0.4, -0.2) is 0 Å². The van der Waals surface area contributed by atoms with E-state index < -0.39 is 0 Å². The molecule has 5 aliphatic carbocycles. The van der Waals surface area contributed by atoms with E-state index >= 15 is 0 Å². The molecule has 2 heteroatoms. The summed E-state index contributed by atoms with van der Waals surface area (Å²) in [6.45, 7) is 0. The number of hydrogen-bond donors (Lipinski definition) is 0. The summed E-state index contributed by atoms with van der Waals surface area (Å²) >= 11 is 0. The first-order chi connectivity index (χ1) is 26.7. The summed E-state index contributed by atoms with van der Waals surface area (Å²) < 4.78 is 6.47. The Morgan fingerprint density at radius 3 is 1.72 bits per heavy atom. The van der Waals surface area contributed by atoms with Crippen LogP contribution in [0, 0.1) is 23.7 Å². The summed E-state index contributed by atoms with van der Waals surface area (Å²) in [6, 6.07) is 60.7. The minimum Gasteiger partial charge on any atom is -0.456 e. The molecule has 0 atom stereocenters. The number of benzene rings is 7. The lowest BCUT2D eigenvalue weighted by Gasteiger charge is -2.61. The van der Waals surface area contributed by atoms with Crippen LogP contribution in [0.15, 0.2) is 168 Å². The van der Waals surface area contributed by atoms with Gasteiger partial charge in [-0.2, -0.15) is 0 Å². The largest absolute Gasteiger partial charge is 0.456 e. The standard InChI is InChI=1S/C52H41NO/c1-3-10-35(11-4-1)37-18-21-41(22-19-37)53(48-15-9-17-50-51(48)43-14-7-8-16-49(43)54-50)42-23-25-47-45(32-42)44-31-38(36-12-5-2-6-13-36)20-24-46(44)52(47)39-27-33-26-34(29-39)30-40(52)28-33/h1-25,31-34,39-40H,26-30H2. The van der Waals surface area contributed by atoms with Gasteiger partial charge in [0.15, 0.2) is 0 Å². The molecule has 0 N–H and O–H groups in total. The zero-order valence-corrected chi connectivity index (χ0v) is 30.3. The minimum atomic E-state index is 0.106. The molecule has 2 nitrogen and oxygen atoms in total. The Balaban J connectivity index is 1.09. The Labute approximate surface area is 316 Å². The maximum Gasteiger partial charge on any atom is 0.137 e. The second kappa shape index (κ2) is 11.6. The van der Waals surface area contributed by atoms with E-state index in [4.69, 9.17) is 4.42 Å². The molecule has 13 rings (SSSR count). The molecule has 1 aromatic heterocycles. The maximum atomic E-state index is 6.47. The van der Waals surface area contributed by atoms with Crippen molar-refractivity contribution in [1.29, 1.82) is 0 Å². The topological polar surface area (TPSA) is 16.4 Å². The Hall–Kier alpha value is -5.86. The first-order valence-corrected chi connectivity index (χ1v) is 19.9. The fourth-order valence-corrected chi connectivity index (χ4v) is 11.9. The Morgan fingerprint density at radius 2 is 1.00 bits per heavy atom. The van der Waals surface area contributed by atoms with Gasteiger partial charge in [0.25, 0.3) is 0 Å². The number of para-hydroxylation sites is 1. The predicted molar refractivity (Wildman–Crippen MR) is 223 cm³/mol. The van der Waals surface area contributed by atoms with Gasteiger partial charge in [0.2, 0.25) is 0 Å². The zero-order chi connectivity index (χ0) is 35.4. The highest BCUT2D eigenvalue weighted by Gasteiger charge is 2.61. The van der Waals surface area contributed by atoms with E-state index in [0.29, 0.717) is 0 Å². The van der Waals surface area contributed by atoms with Crippen molar-refractivity contribution in [3.8, 4) is 33.4 Å². The van der Waals surface area contributed by atoms with Crippen molar-refractivity contribution in [1.82, 2.24) is 0 Å². The minimum absolute atomic E-state index is 0.106. The Bertz CT molecular complexity index is 2690. The summed E-state index contributed by atoms with van der Waals surface area (Å²) in [7, 11) is 0. The van der Waals surface area contributed by atoms with Crippen molar-refractivity contribution >= 4 is 39.0 Å². The number of furan rings is 1. The van der Waals surface area contributed by atoms with Gasteiger partial charge in [0.1, 0.15) is 11.2 Å². The van der Waals surface area contributed by atoms with E-state index in [-0.39, 0.29) is 5.41 Å². The molecule has 260 valence electrons. The molecule has 4 bridgehead atoms. The smallest absolute Gasteiger partial charge is 0.137 e. The summed E-state index contributed by atoms with van der Waals surface area (Å²) in [6.07, 6.45) is 6.97.